The first-order chi connectivity index (χ1) is 9.29. The highest BCUT2D eigenvalue weighted by molar-refractivity contribution is 5.41. The van der Waals surface area contributed by atoms with Crippen molar-refractivity contribution in [3.8, 4) is 0 Å². The molecule has 2 rings (SSSR count). The molecule has 0 aliphatic carbocycles. The van der Waals surface area contributed by atoms with Crippen molar-refractivity contribution < 1.29 is 4.74 Å². The summed E-state index contributed by atoms with van der Waals surface area (Å²) in [6, 6.07) is 13.5. The number of ether oxygens (including phenoxy) is 1. The van der Waals surface area contributed by atoms with Gasteiger partial charge in [0.2, 0.25) is 0 Å². The van der Waals surface area contributed by atoms with E-state index in [0.717, 1.165) is 12.2 Å². The Morgan fingerprint density at radius 1 is 1.16 bits per heavy atom. The molecule has 1 heterocycles. The maximum absolute atomic E-state index is 11.6. The molecule has 0 saturated carbocycles. The number of rotatable bonds is 6. The van der Waals surface area contributed by atoms with Crippen molar-refractivity contribution in [1.29, 1.82) is 0 Å². The molecule has 4 heteroatoms. The lowest BCUT2D eigenvalue weighted by molar-refractivity contribution is 0.186. The van der Waals surface area contributed by atoms with Gasteiger partial charge < -0.3 is 14.6 Å². The van der Waals surface area contributed by atoms with E-state index in [1.165, 1.54) is 5.56 Å². The summed E-state index contributed by atoms with van der Waals surface area (Å²) in [5.41, 5.74) is 2.12. The Bertz CT molecular complexity index is 564. The van der Waals surface area contributed by atoms with Gasteiger partial charge in [0.15, 0.2) is 0 Å². The van der Waals surface area contributed by atoms with Crippen molar-refractivity contribution in [3.63, 3.8) is 0 Å². The normalized spacial score (nSPS) is 10.4. The van der Waals surface area contributed by atoms with Crippen molar-refractivity contribution in [2.75, 3.05) is 19.0 Å². The highest BCUT2D eigenvalue weighted by Crippen LogP contribution is 2.07. The zero-order chi connectivity index (χ0) is 13.5. The molecule has 0 unspecified atom stereocenters. The van der Waals surface area contributed by atoms with Crippen LogP contribution in [0.1, 0.15) is 5.56 Å². The standard InChI is InChI=1S/C15H18N2O2/c1-19-10-9-17-12-14(7-8-15(17)18)16-11-13-5-3-2-4-6-13/h2-8,12,16H,9-11H2,1H3. The Labute approximate surface area is 112 Å². The van der Waals surface area contributed by atoms with E-state index in [1.54, 1.807) is 23.8 Å². The fourth-order valence-electron chi connectivity index (χ4n) is 1.80. The fraction of sp³-hybridized carbons (Fsp3) is 0.267. The Hall–Kier alpha value is -2.07. The second-order valence-electron chi connectivity index (χ2n) is 4.28. The van der Waals surface area contributed by atoms with Crippen LogP contribution in [0.4, 0.5) is 5.69 Å². The quantitative estimate of drug-likeness (QED) is 0.863. The van der Waals surface area contributed by atoms with Gasteiger partial charge in [0.05, 0.1) is 12.3 Å². The van der Waals surface area contributed by atoms with Crippen LogP contribution >= 0.6 is 0 Å². The van der Waals surface area contributed by atoms with Gasteiger partial charge in [0, 0.05) is 32.5 Å². The van der Waals surface area contributed by atoms with Crippen LogP contribution in [-0.4, -0.2) is 18.3 Å². The molecule has 1 aromatic carbocycles. The summed E-state index contributed by atoms with van der Waals surface area (Å²) in [6.07, 6.45) is 1.82. The zero-order valence-electron chi connectivity index (χ0n) is 11.0. The van der Waals surface area contributed by atoms with Crippen LogP contribution < -0.4 is 10.9 Å². The van der Waals surface area contributed by atoms with E-state index < -0.39 is 0 Å². The number of anilines is 1. The summed E-state index contributed by atoms with van der Waals surface area (Å²) >= 11 is 0. The van der Waals surface area contributed by atoms with Crippen LogP contribution in [0.25, 0.3) is 0 Å². The van der Waals surface area contributed by atoms with Crippen molar-refractivity contribution in [2.24, 2.45) is 0 Å². The zero-order valence-corrected chi connectivity index (χ0v) is 11.0. The first-order valence-electron chi connectivity index (χ1n) is 6.27. The third-order valence-electron chi connectivity index (χ3n) is 2.86. The molecular formula is C15H18N2O2. The summed E-state index contributed by atoms with van der Waals surface area (Å²) in [5.74, 6) is 0. The first-order valence-corrected chi connectivity index (χ1v) is 6.27. The van der Waals surface area contributed by atoms with Crippen molar-refractivity contribution in [3.05, 3.63) is 64.6 Å². The third-order valence-corrected chi connectivity index (χ3v) is 2.86. The Balaban J connectivity index is 2.02. The predicted molar refractivity (Wildman–Crippen MR) is 76.3 cm³/mol. The second-order valence-corrected chi connectivity index (χ2v) is 4.28. The van der Waals surface area contributed by atoms with E-state index in [4.69, 9.17) is 4.74 Å². The minimum Gasteiger partial charge on any atom is -0.383 e. The van der Waals surface area contributed by atoms with Crippen LogP contribution in [0.3, 0.4) is 0 Å². The summed E-state index contributed by atoms with van der Waals surface area (Å²) in [4.78, 5) is 11.6. The van der Waals surface area contributed by atoms with Crippen molar-refractivity contribution in [1.82, 2.24) is 4.57 Å². The highest BCUT2D eigenvalue weighted by Gasteiger charge is 1.99. The number of benzene rings is 1. The van der Waals surface area contributed by atoms with E-state index in [-0.39, 0.29) is 5.56 Å². The minimum absolute atomic E-state index is 0.0117. The van der Waals surface area contributed by atoms with E-state index >= 15 is 0 Å². The molecule has 0 atom stereocenters. The maximum Gasteiger partial charge on any atom is 0.250 e. The number of hydrogen-bond donors (Lipinski definition) is 1. The molecule has 0 aliphatic heterocycles. The number of aromatic nitrogens is 1. The smallest absolute Gasteiger partial charge is 0.250 e. The largest absolute Gasteiger partial charge is 0.383 e. The molecule has 0 radical (unpaired) electrons. The number of pyridine rings is 1. The van der Waals surface area contributed by atoms with Gasteiger partial charge in [-0.15, -0.1) is 0 Å². The molecule has 1 aromatic heterocycles. The average molecular weight is 258 g/mol. The highest BCUT2D eigenvalue weighted by atomic mass is 16.5. The third kappa shape index (κ3) is 3.96. The SMILES string of the molecule is COCCn1cc(NCc2ccccc2)ccc1=O. The van der Waals surface area contributed by atoms with Crippen LogP contribution in [0.15, 0.2) is 53.5 Å². The number of hydrogen-bond acceptors (Lipinski definition) is 3. The molecule has 0 fully saturated rings. The lowest BCUT2D eigenvalue weighted by Crippen LogP contribution is -2.21. The molecule has 0 saturated heterocycles. The van der Waals surface area contributed by atoms with Gasteiger partial charge in [0.25, 0.3) is 5.56 Å². The average Bonchev–Trinajstić information content (AvgIpc) is 2.46. The first kappa shape index (κ1) is 13.4. The molecular weight excluding hydrogens is 240 g/mol. The van der Waals surface area contributed by atoms with E-state index in [2.05, 4.69) is 17.4 Å². The van der Waals surface area contributed by atoms with Crippen LogP contribution in [0, 0.1) is 0 Å². The fourth-order valence-corrected chi connectivity index (χ4v) is 1.80. The summed E-state index contributed by atoms with van der Waals surface area (Å²) in [5, 5.41) is 3.30. The molecule has 2 aromatic rings. The predicted octanol–water partition coefficient (Wildman–Crippen LogP) is 2.11. The molecule has 0 bridgehead atoms. The lowest BCUT2D eigenvalue weighted by atomic mass is 10.2. The van der Waals surface area contributed by atoms with Gasteiger partial charge in [-0.1, -0.05) is 30.3 Å². The topological polar surface area (TPSA) is 43.3 Å². The van der Waals surface area contributed by atoms with E-state index in [9.17, 15) is 4.79 Å². The molecule has 0 aliphatic rings. The van der Waals surface area contributed by atoms with Crippen LogP contribution in [0.2, 0.25) is 0 Å². The van der Waals surface area contributed by atoms with Crippen molar-refractivity contribution >= 4 is 5.69 Å². The van der Waals surface area contributed by atoms with E-state index in [0.29, 0.717) is 13.2 Å². The Morgan fingerprint density at radius 3 is 2.68 bits per heavy atom. The van der Waals surface area contributed by atoms with E-state index in [1.807, 2.05) is 24.4 Å². The molecule has 0 spiro atoms. The molecule has 0 amide bonds. The monoisotopic (exact) mass is 258 g/mol. The van der Waals surface area contributed by atoms with Crippen LogP contribution in [0.5, 0.6) is 0 Å². The van der Waals surface area contributed by atoms with Gasteiger partial charge in [-0.2, -0.15) is 0 Å². The summed E-state index contributed by atoms with van der Waals surface area (Å²) in [6.45, 7) is 1.83. The number of nitrogens with one attached hydrogen (secondary N) is 1. The van der Waals surface area contributed by atoms with Gasteiger partial charge >= 0.3 is 0 Å². The molecule has 4 nitrogen and oxygen atoms in total. The number of methoxy groups -OCH3 is 1. The molecule has 19 heavy (non-hydrogen) atoms. The van der Waals surface area contributed by atoms with Gasteiger partial charge in [-0.3, -0.25) is 4.79 Å². The molecule has 100 valence electrons. The Kier molecular flexibility index (Phi) is 4.75. The van der Waals surface area contributed by atoms with Crippen molar-refractivity contribution in [2.45, 2.75) is 13.1 Å². The summed E-state index contributed by atoms with van der Waals surface area (Å²) < 4.78 is 6.64. The van der Waals surface area contributed by atoms with Gasteiger partial charge in [0.1, 0.15) is 0 Å². The molecule has 1 N–H and O–H groups in total. The van der Waals surface area contributed by atoms with Gasteiger partial charge in [-0.05, 0) is 11.6 Å². The lowest BCUT2D eigenvalue weighted by Gasteiger charge is -2.10. The van der Waals surface area contributed by atoms with Crippen LogP contribution in [-0.2, 0) is 17.8 Å². The second kappa shape index (κ2) is 6.75. The van der Waals surface area contributed by atoms with Gasteiger partial charge in [-0.25, -0.2) is 0 Å². The number of nitrogens with zero attached hydrogens (tertiary/aromatic N) is 1. The summed E-state index contributed by atoms with van der Waals surface area (Å²) in [7, 11) is 1.63. The minimum atomic E-state index is -0.0117. The maximum atomic E-state index is 11.6. The Morgan fingerprint density at radius 2 is 1.95 bits per heavy atom.